The number of ether oxygens (including phenoxy) is 1. The minimum Gasteiger partial charge on any atom is -0.497 e. The van der Waals surface area contributed by atoms with E-state index < -0.39 is 0 Å². The second-order valence-corrected chi connectivity index (χ2v) is 3.80. The van der Waals surface area contributed by atoms with Crippen LogP contribution in [-0.2, 0) is 4.74 Å². The van der Waals surface area contributed by atoms with E-state index in [4.69, 9.17) is 4.74 Å². The number of nitrogens with one attached hydrogen (secondary N) is 1. The number of hydrogen-bond donors (Lipinski definition) is 1. The van der Waals surface area contributed by atoms with Crippen molar-refractivity contribution >= 4 is 11.8 Å². The summed E-state index contributed by atoms with van der Waals surface area (Å²) in [5.41, 5.74) is 1.36. The summed E-state index contributed by atoms with van der Waals surface area (Å²) in [5, 5.41) is 3.91. The van der Waals surface area contributed by atoms with Crippen molar-refractivity contribution in [2.75, 3.05) is 18.9 Å². The van der Waals surface area contributed by atoms with Gasteiger partial charge < -0.3 is 10.1 Å². The molecule has 2 heterocycles. The van der Waals surface area contributed by atoms with Crippen molar-refractivity contribution in [3.05, 3.63) is 24.0 Å². The van der Waals surface area contributed by atoms with Crippen molar-refractivity contribution < 1.29 is 4.74 Å². The molecule has 11 heavy (non-hydrogen) atoms. The Hall–Kier alpha value is -0.410. The maximum Gasteiger partial charge on any atom is 0.111 e. The summed E-state index contributed by atoms with van der Waals surface area (Å²) in [6.45, 7) is 1.87. The second-order valence-electron chi connectivity index (χ2n) is 2.59. The molecule has 0 bridgehead atoms. The molecule has 0 radical (unpaired) electrons. The van der Waals surface area contributed by atoms with Crippen LogP contribution in [0.5, 0.6) is 0 Å². The standard InChI is InChI=1S/C8H11NOS/c1-2-7(6-10-4-1)8-9-3-5-11-8/h1-2,4,8-9H,3,5-6H2. The third-order valence-electron chi connectivity index (χ3n) is 1.79. The van der Waals surface area contributed by atoms with E-state index in [1.54, 1.807) is 6.26 Å². The molecule has 1 unspecified atom stereocenters. The van der Waals surface area contributed by atoms with Gasteiger partial charge >= 0.3 is 0 Å². The van der Waals surface area contributed by atoms with Crippen LogP contribution in [0.1, 0.15) is 0 Å². The molecule has 60 valence electrons. The van der Waals surface area contributed by atoms with Gasteiger partial charge in [-0.2, -0.15) is 0 Å². The van der Waals surface area contributed by atoms with Crippen LogP contribution in [0.25, 0.3) is 0 Å². The molecule has 0 spiro atoms. The predicted octanol–water partition coefficient (Wildman–Crippen LogP) is 1.12. The highest BCUT2D eigenvalue weighted by Crippen LogP contribution is 2.22. The Kier molecular flexibility index (Phi) is 2.19. The SMILES string of the molecule is C1=COCC(C2NCCS2)=C1. The van der Waals surface area contributed by atoms with Crippen LogP contribution in [0.15, 0.2) is 24.0 Å². The quantitative estimate of drug-likeness (QED) is 0.635. The molecule has 2 rings (SSSR count). The molecule has 0 aliphatic carbocycles. The molecule has 1 N–H and O–H groups in total. The minimum atomic E-state index is 0.500. The number of allylic oxidation sites excluding steroid dienone is 2. The van der Waals surface area contributed by atoms with Gasteiger partial charge in [0.25, 0.3) is 0 Å². The van der Waals surface area contributed by atoms with E-state index in [9.17, 15) is 0 Å². The summed E-state index contributed by atoms with van der Waals surface area (Å²) in [7, 11) is 0. The molecule has 0 aromatic heterocycles. The highest BCUT2D eigenvalue weighted by Gasteiger charge is 2.19. The highest BCUT2D eigenvalue weighted by atomic mass is 32.2. The molecule has 0 aromatic rings. The van der Waals surface area contributed by atoms with Crippen molar-refractivity contribution in [1.82, 2.24) is 5.32 Å². The van der Waals surface area contributed by atoms with E-state index in [2.05, 4.69) is 11.4 Å². The topological polar surface area (TPSA) is 21.3 Å². The normalized spacial score (nSPS) is 29.8. The maximum atomic E-state index is 5.19. The second kappa shape index (κ2) is 3.32. The van der Waals surface area contributed by atoms with Crippen LogP contribution in [0.4, 0.5) is 0 Å². The van der Waals surface area contributed by atoms with Crippen molar-refractivity contribution in [2.45, 2.75) is 5.37 Å². The lowest BCUT2D eigenvalue weighted by molar-refractivity contribution is 0.271. The minimum absolute atomic E-state index is 0.500. The van der Waals surface area contributed by atoms with Crippen molar-refractivity contribution in [3.8, 4) is 0 Å². The molecule has 0 aromatic carbocycles. The fourth-order valence-corrected chi connectivity index (χ4v) is 2.31. The first kappa shape index (κ1) is 7.25. The zero-order valence-electron chi connectivity index (χ0n) is 6.25. The van der Waals surface area contributed by atoms with Gasteiger partial charge in [0.2, 0.25) is 0 Å². The smallest absolute Gasteiger partial charge is 0.111 e. The third kappa shape index (κ3) is 1.60. The summed E-state index contributed by atoms with van der Waals surface area (Å²) in [6, 6.07) is 0. The number of rotatable bonds is 1. The summed E-state index contributed by atoms with van der Waals surface area (Å²) in [5.74, 6) is 1.21. The first-order chi connectivity index (χ1) is 5.47. The van der Waals surface area contributed by atoms with Crippen molar-refractivity contribution in [2.24, 2.45) is 0 Å². The average molecular weight is 169 g/mol. The fraction of sp³-hybridized carbons (Fsp3) is 0.500. The maximum absolute atomic E-state index is 5.19. The van der Waals surface area contributed by atoms with Gasteiger partial charge in [-0.3, -0.25) is 0 Å². The Bertz CT molecular complexity index is 194. The van der Waals surface area contributed by atoms with Gasteiger partial charge in [-0.25, -0.2) is 0 Å². The summed E-state index contributed by atoms with van der Waals surface area (Å²) < 4.78 is 5.19. The van der Waals surface area contributed by atoms with E-state index in [0.29, 0.717) is 5.37 Å². The number of thioether (sulfide) groups is 1. The molecule has 2 nitrogen and oxygen atoms in total. The first-order valence-electron chi connectivity index (χ1n) is 3.79. The van der Waals surface area contributed by atoms with Gasteiger partial charge in [0.05, 0.1) is 11.6 Å². The molecule has 0 saturated carbocycles. The van der Waals surface area contributed by atoms with Crippen LogP contribution < -0.4 is 5.32 Å². The van der Waals surface area contributed by atoms with E-state index in [-0.39, 0.29) is 0 Å². The molecule has 1 saturated heterocycles. The molecular weight excluding hydrogens is 158 g/mol. The van der Waals surface area contributed by atoms with E-state index in [1.165, 1.54) is 11.3 Å². The molecule has 3 heteroatoms. The monoisotopic (exact) mass is 169 g/mol. The van der Waals surface area contributed by atoms with Gasteiger partial charge in [-0.15, -0.1) is 11.8 Å². The van der Waals surface area contributed by atoms with Gasteiger partial charge in [0, 0.05) is 12.3 Å². The van der Waals surface area contributed by atoms with Crippen LogP contribution in [0, 0.1) is 0 Å². The Morgan fingerprint density at radius 3 is 3.27 bits per heavy atom. The van der Waals surface area contributed by atoms with Gasteiger partial charge in [0.15, 0.2) is 0 Å². The van der Waals surface area contributed by atoms with Gasteiger partial charge in [-0.1, -0.05) is 6.08 Å². The number of hydrogen-bond acceptors (Lipinski definition) is 3. The zero-order valence-corrected chi connectivity index (χ0v) is 7.06. The van der Waals surface area contributed by atoms with Crippen LogP contribution in [0.3, 0.4) is 0 Å². The van der Waals surface area contributed by atoms with Gasteiger partial charge in [0.1, 0.15) is 6.61 Å². The average Bonchev–Trinajstić information content (AvgIpc) is 2.58. The fourth-order valence-electron chi connectivity index (χ4n) is 1.24. The van der Waals surface area contributed by atoms with Crippen LogP contribution >= 0.6 is 11.8 Å². The van der Waals surface area contributed by atoms with Gasteiger partial charge in [-0.05, 0) is 11.6 Å². The molecular formula is C8H11NOS. The summed E-state index contributed by atoms with van der Waals surface area (Å²) >= 11 is 1.96. The summed E-state index contributed by atoms with van der Waals surface area (Å²) in [6.07, 6.45) is 5.84. The Morgan fingerprint density at radius 2 is 2.64 bits per heavy atom. The lowest BCUT2D eigenvalue weighted by atomic mass is 10.2. The molecule has 1 atom stereocenters. The van der Waals surface area contributed by atoms with E-state index >= 15 is 0 Å². The first-order valence-corrected chi connectivity index (χ1v) is 4.84. The van der Waals surface area contributed by atoms with Crippen molar-refractivity contribution in [1.29, 1.82) is 0 Å². The summed E-state index contributed by atoms with van der Waals surface area (Å²) in [4.78, 5) is 0. The molecule has 0 amide bonds. The Balaban J connectivity index is 2.02. The molecule has 2 aliphatic heterocycles. The van der Waals surface area contributed by atoms with Crippen LogP contribution in [0.2, 0.25) is 0 Å². The predicted molar refractivity (Wildman–Crippen MR) is 47.4 cm³/mol. The highest BCUT2D eigenvalue weighted by molar-refractivity contribution is 8.00. The molecule has 2 aliphatic rings. The third-order valence-corrected chi connectivity index (χ3v) is 3.03. The zero-order chi connectivity index (χ0) is 7.52. The largest absolute Gasteiger partial charge is 0.497 e. The Labute approximate surface area is 70.7 Å². The van der Waals surface area contributed by atoms with Crippen LogP contribution in [-0.4, -0.2) is 24.3 Å². The lowest BCUT2D eigenvalue weighted by Crippen LogP contribution is -2.24. The lowest BCUT2D eigenvalue weighted by Gasteiger charge is -2.15. The van der Waals surface area contributed by atoms with E-state index in [0.717, 1.165) is 13.2 Å². The Morgan fingerprint density at radius 1 is 1.64 bits per heavy atom. The van der Waals surface area contributed by atoms with Crippen molar-refractivity contribution in [3.63, 3.8) is 0 Å². The molecule has 1 fully saturated rings. The van der Waals surface area contributed by atoms with E-state index in [1.807, 2.05) is 17.8 Å².